The lowest BCUT2D eigenvalue weighted by atomic mass is 9.84. The summed E-state index contributed by atoms with van der Waals surface area (Å²) in [7, 11) is 0. The van der Waals surface area contributed by atoms with Crippen molar-refractivity contribution in [2.24, 2.45) is 0 Å². The molecule has 0 spiro atoms. The van der Waals surface area contributed by atoms with Crippen LogP contribution in [0.3, 0.4) is 0 Å². The van der Waals surface area contributed by atoms with E-state index in [1.165, 1.54) is 6.07 Å². The number of aromatic nitrogens is 2. The first-order valence-electron chi connectivity index (χ1n) is 9.45. The average Bonchev–Trinajstić information content (AvgIpc) is 2.60. The van der Waals surface area contributed by atoms with Gasteiger partial charge in [0.2, 0.25) is 5.88 Å². The van der Waals surface area contributed by atoms with Gasteiger partial charge in [-0.3, -0.25) is 4.98 Å². The number of hydrogen-bond acceptors (Lipinski definition) is 5. The Morgan fingerprint density at radius 3 is 2.56 bits per heavy atom. The maximum absolute atomic E-state index is 14.0. The van der Waals surface area contributed by atoms with Crippen LogP contribution in [0.5, 0.6) is 5.88 Å². The second-order valence-electron chi connectivity index (χ2n) is 8.17. The Hall–Kier alpha value is -2.05. The number of rotatable bonds is 5. The lowest BCUT2D eigenvalue weighted by Gasteiger charge is -2.38. The van der Waals surface area contributed by atoms with E-state index in [1.54, 1.807) is 30.6 Å². The summed E-state index contributed by atoms with van der Waals surface area (Å²) < 4.78 is 19.8. The molecular formula is C21H28FN3O2. The number of piperidine rings is 1. The summed E-state index contributed by atoms with van der Waals surface area (Å²) in [5.41, 5.74) is -0.103. The summed E-state index contributed by atoms with van der Waals surface area (Å²) in [4.78, 5) is 11.0. The van der Waals surface area contributed by atoms with Crippen molar-refractivity contribution in [2.45, 2.75) is 51.2 Å². The van der Waals surface area contributed by atoms with Crippen LogP contribution in [0, 0.1) is 5.82 Å². The number of benzene rings is 1. The molecule has 2 heterocycles. The minimum Gasteiger partial charge on any atom is -0.471 e. The fourth-order valence-electron chi connectivity index (χ4n) is 3.40. The van der Waals surface area contributed by atoms with Crippen molar-refractivity contribution >= 4 is 0 Å². The summed E-state index contributed by atoms with van der Waals surface area (Å²) in [6, 6.07) is 6.51. The van der Waals surface area contributed by atoms with E-state index in [0.29, 0.717) is 24.3 Å². The Labute approximate surface area is 160 Å². The molecule has 0 bridgehead atoms. The molecule has 1 aromatic heterocycles. The van der Waals surface area contributed by atoms with Gasteiger partial charge in [-0.05, 0) is 39.7 Å². The summed E-state index contributed by atoms with van der Waals surface area (Å²) >= 11 is 0. The molecule has 1 aliphatic heterocycles. The van der Waals surface area contributed by atoms with Gasteiger partial charge >= 0.3 is 0 Å². The Bertz CT molecular complexity index is 768. The van der Waals surface area contributed by atoms with Gasteiger partial charge in [0, 0.05) is 37.8 Å². The van der Waals surface area contributed by atoms with E-state index in [2.05, 4.69) is 14.9 Å². The van der Waals surface area contributed by atoms with Crippen molar-refractivity contribution in [3.63, 3.8) is 0 Å². The predicted octanol–water partition coefficient (Wildman–Crippen LogP) is 3.32. The molecule has 0 aliphatic carbocycles. The van der Waals surface area contributed by atoms with Crippen molar-refractivity contribution < 1.29 is 14.2 Å². The van der Waals surface area contributed by atoms with Gasteiger partial charge < -0.3 is 14.7 Å². The van der Waals surface area contributed by atoms with Crippen LogP contribution in [-0.2, 0) is 12.0 Å². The number of likely N-dealkylation sites (tertiary alicyclic amines) is 1. The molecule has 1 aromatic carbocycles. The average molecular weight is 373 g/mol. The van der Waals surface area contributed by atoms with Gasteiger partial charge in [-0.1, -0.05) is 18.2 Å². The monoisotopic (exact) mass is 373 g/mol. The van der Waals surface area contributed by atoms with Gasteiger partial charge in [-0.15, -0.1) is 0 Å². The van der Waals surface area contributed by atoms with E-state index in [4.69, 9.17) is 4.74 Å². The molecule has 0 saturated carbocycles. The summed E-state index contributed by atoms with van der Waals surface area (Å²) in [6.45, 7) is 8.19. The fourth-order valence-corrected chi connectivity index (χ4v) is 3.40. The maximum Gasteiger partial charge on any atom is 0.233 e. The van der Waals surface area contributed by atoms with E-state index in [-0.39, 0.29) is 11.4 Å². The van der Waals surface area contributed by atoms with Crippen LogP contribution in [0.1, 0.15) is 44.9 Å². The molecule has 3 rings (SSSR count). The van der Waals surface area contributed by atoms with Crippen LogP contribution in [0.25, 0.3) is 0 Å². The molecule has 2 aromatic rings. The van der Waals surface area contributed by atoms with Crippen molar-refractivity contribution in [3.05, 3.63) is 53.7 Å². The van der Waals surface area contributed by atoms with Crippen molar-refractivity contribution in [2.75, 3.05) is 19.6 Å². The predicted molar refractivity (Wildman–Crippen MR) is 102 cm³/mol. The molecule has 1 saturated heterocycles. The second kappa shape index (κ2) is 7.90. The van der Waals surface area contributed by atoms with Crippen LogP contribution < -0.4 is 4.74 Å². The Balaban J connectivity index is 1.54. The standard InChI is InChI=1S/C21H28FN3O2/c1-20(2,3)27-19-15-23-14-16(24-19)8-11-25-12-9-21(26,10-13-25)17-6-4-5-7-18(17)22/h4-7,14-15,26H,8-13H2,1-3H3. The van der Waals surface area contributed by atoms with Gasteiger partial charge in [0.1, 0.15) is 11.4 Å². The largest absolute Gasteiger partial charge is 0.471 e. The lowest BCUT2D eigenvalue weighted by molar-refractivity contribution is -0.0281. The first-order valence-corrected chi connectivity index (χ1v) is 9.45. The van der Waals surface area contributed by atoms with Gasteiger partial charge in [0.15, 0.2) is 0 Å². The Morgan fingerprint density at radius 1 is 1.19 bits per heavy atom. The quantitative estimate of drug-likeness (QED) is 0.871. The number of aliphatic hydroxyl groups is 1. The summed E-state index contributed by atoms with van der Waals surface area (Å²) in [6.07, 6.45) is 5.19. The highest BCUT2D eigenvalue weighted by Crippen LogP contribution is 2.34. The molecule has 5 nitrogen and oxygen atoms in total. The van der Waals surface area contributed by atoms with E-state index in [0.717, 1.165) is 31.7 Å². The third-order valence-electron chi connectivity index (χ3n) is 4.82. The second-order valence-corrected chi connectivity index (χ2v) is 8.17. The zero-order valence-corrected chi connectivity index (χ0v) is 16.3. The SMILES string of the molecule is CC(C)(C)Oc1cncc(CCN2CCC(O)(c3ccccc3F)CC2)n1. The lowest BCUT2D eigenvalue weighted by Crippen LogP contribution is -2.43. The molecule has 1 fully saturated rings. The molecule has 27 heavy (non-hydrogen) atoms. The number of ether oxygens (including phenoxy) is 1. The number of nitrogens with zero attached hydrogens (tertiary/aromatic N) is 3. The van der Waals surface area contributed by atoms with E-state index in [1.807, 2.05) is 20.8 Å². The highest BCUT2D eigenvalue weighted by atomic mass is 19.1. The Morgan fingerprint density at radius 2 is 1.89 bits per heavy atom. The minimum absolute atomic E-state index is 0.308. The van der Waals surface area contributed by atoms with Gasteiger partial charge in [-0.25, -0.2) is 9.37 Å². The first-order chi connectivity index (χ1) is 12.8. The minimum atomic E-state index is -1.08. The molecule has 6 heteroatoms. The fraction of sp³-hybridized carbons (Fsp3) is 0.524. The van der Waals surface area contributed by atoms with Gasteiger partial charge in [-0.2, -0.15) is 0 Å². The summed E-state index contributed by atoms with van der Waals surface area (Å²) in [5, 5.41) is 10.9. The topological polar surface area (TPSA) is 58.5 Å². The van der Waals surface area contributed by atoms with E-state index in [9.17, 15) is 9.50 Å². The van der Waals surface area contributed by atoms with Gasteiger partial charge in [0.25, 0.3) is 0 Å². The van der Waals surface area contributed by atoms with Crippen molar-refractivity contribution in [1.29, 1.82) is 0 Å². The highest BCUT2D eigenvalue weighted by Gasteiger charge is 2.35. The molecule has 1 N–H and O–H groups in total. The third-order valence-corrected chi connectivity index (χ3v) is 4.82. The van der Waals surface area contributed by atoms with E-state index < -0.39 is 5.60 Å². The number of hydrogen-bond donors (Lipinski definition) is 1. The highest BCUT2D eigenvalue weighted by molar-refractivity contribution is 5.25. The molecular weight excluding hydrogens is 345 g/mol. The maximum atomic E-state index is 14.0. The first kappa shape index (κ1) is 19.7. The van der Waals surface area contributed by atoms with Crippen LogP contribution in [0.2, 0.25) is 0 Å². The molecule has 1 aliphatic rings. The van der Waals surface area contributed by atoms with Crippen LogP contribution in [-0.4, -0.2) is 45.2 Å². The smallest absolute Gasteiger partial charge is 0.233 e. The van der Waals surface area contributed by atoms with Crippen molar-refractivity contribution in [3.8, 4) is 5.88 Å². The zero-order chi connectivity index (χ0) is 19.5. The molecule has 146 valence electrons. The number of halogens is 1. The summed E-state index contributed by atoms with van der Waals surface area (Å²) in [5.74, 6) is 0.201. The van der Waals surface area contributed by atoms with Crippen LogP contribution in [0.4, 0.5) is 4.39 Å². The third kappa shape index (κ3) is 5.23. The molecule has 0 atom stereocenters. The molecule has 0 amide bonds. The Kier molecular flexibility index (Phi) is 5.77. The van der Waals surface area contributed by atoms with E-state index >= 15 is 0 Å². The van der Waals surface area contributed by atoms with Crippen molar-refractivity contribution in [1.82, 2.24) is 14.9 Å². The van der Waals surface area contributed by atoms with Crippen LogP contribution in [0.15, 0.2) is 36.7 Å². The van der Waals surface area contributed by atoms with Gasteiger partial charge in [0.05, 0.1) is 17.5 Å². The normalized spacial score (nSPS) is 17.7. The van der Waals surface area contributed by atoms with Crippen LogP contribution >= 0.6 is 0 Å². The zero-order valence-electron chi connectivity index (χ0n) is 16.3. The molecule has 0 radical (unpaired) electrons. The molecule has 0 unspecified atom stereocenters.